The third kappa shape index (κ3) is 2.43. The van der Waals surface area contributed by atoms with E-state index in [0.29, 0.717) is 6.67 Å². The number of halogens is 1. The number of rotatable bonds is 2. The molecule has 4 aliphatic rings. The van der Waals surface area contributed by atoms with Crippen LogP contribution in [-0.2, 0) is 4.79 Å². The van der Waals surface area contributed by atoms with Crippen LogP contribution in [0, 0.1) is 0 Å². The maximum absolute atomic E-state index is 12.0. The van der Waals surface area contributed by atoms with Gasteiger partial charge >= 0.3 is 0 Å². The van der Waals surface area contributed by atoms with Crippen LogP contribution in [0.4, 0.5) is 5.69 Å². The van der Waals surface area contributed by atoms with E-state index < -0.39 is 0 Å². The number of benzene rings is 1. The maximum atomic E-state index is 12.0. The van der Waals surface area contributed by atoms with Crippen molar-refractivity contribution in [3.63, 3.8) is 0 Å². The molecule has 0 N–H and O–H groups in total. The molecule has 0 radical (unpaired) electrons. The van der Waals surface area contributed by atoms with Crippen LogP contribution in [-0.4, -0.2) is 54.9 Å². The van der Waals surface area contributed by atoms with E-state index in [1.54, 1.807) is 22.5 Å². The fourth-order valence-corrected chi connectivity index (χ4v) is 4.89. The van der Waals surface area contributed by atoms with Gasteiger partial charge in [-0.15, -0.1) is 9.89 Å². The first-order valence-electron chi connectivity index (χ1n) is 9.94. The Bertz CT molecular complexity index is 1080. The summed E-state index contributed by atoms with van der Waals surface area (Å²) in [6, 6.07) is 8.17. The van der Waals surface area contributed by atoms with Gasteiger partial charge in [0, 0.05) is 30.8 Å². The molecule has 1 aromatic carbocycles. The molecular weight excluding hydrogens is 406 g/mol. The van der Waals surface area contributed by atoms with Crippen molar-refractivity contribution in [3.05, 3.63) is 53.7 Å². The number of hydrogen-bond acceptors (Lipinski definition) is 8. The number of nitrogens with zero attached hydrogens (tertiary/aromatic N) is 9. The molecule has 1 amide bonds. The number of carbonyl (C=O) groups is 1. The molecule has 2 aromatic rings. The molecule has 1 aromatic heterocycles. The van der Waals surface area contributed by atoms with E-state index in [9.17, 15) is 4.79 Å². The Kier molecular flexibility index (Phi) is 3.73. The second kappa shape index (κ2) is 6.36. The Morgan fingerprint density at radius 3 is 3.00 bits per heavy atom. The van der Waals surface area contributed by atoms with Gasteiger partial charge in [-0.3, -0.25) is 9.21 Å². The van der Waals surface area contributed by atoms with Crippen LogP contribution in [0.1, 0.15) is 43.2 Å². The monoisotopic (exact) mass is 425 g/mol. The highest BCUT2D eigenvalue weighted by Gasteiger charge is 2.44. The van der Waals surface area contributed by atoms with Crippen LogP contribution >= 0.6 is 11.8 Å². The summed E-state index contributed by atoms with van der Waals surface area (Å²) in [5.74, 6) is 0.978. The molecule has 6 rings (SSSR count). The smallest absolute Gasteiger partial charge is 0.220 e. The number of carbonyl (C=O) groups excluding carboxylic acids is 1. The molecule has 5 heterocycles. The summed E-state index contributed by atoms with van der Waals surface area (Å²) in [4.78, 5) is 22.4. The summed E-state index contributed by atoms with van der Waals surface area (Å²) in [6.45, 7) is 2.91. The largest absolute Gasteiger partial charge is 0.334 e. The van der Waals surface area contributed by atoms with E-state index in [2.05, 4.69) is 27.3 Å². The zero-order valence-corrected chi connectivity index (χ0v) is 17.1. The summed E-state index contributed by atoms with van der Waals surface area (Å²) in [5, 5.41) is 12.6. The minimum Gasteiger partial charge on any atom is -0.334 e. The topological polar surface area (TPSA) is 76.3 Å². The Morgan fingerprint density at radius 1 is 1.27 bits per heavy atom. The second-order valence-electron chi connectivity index (χ2n) is 7.75. The summed E-state index contributed by atoms with van der Waals surface area (Å²) in [5.41, 5.74) is 2.97. The Hall–Kier alpha value is -3.27. The number of anilines is 1. The van der Waals surface area contributed by atoms with E-state index in [4.69, 9.17) is 16.8 Å². The molecule has 1 saturated heterocycles. The van der Waals surface area contributed by atoms with Gasteiger partial charge < -0.3 is 9.80 Å². The molecule has 0 saturated carbocycles. The van der Waals surface area contributed by atoms with Crippen molar-refractivity contribution < 1.29 is 4.79 Å². The summed E-state index contributed by atoms with van der Waals surface area (Å²) in [6.07, 6.45) is 7.17. The lowest BCUT2D eigenvalue weighted by Crippen LogP contribution is -2.51. The summed E-state index contributed by atoms with van der Waals surface area (Å²) < 4.78 is 1.63. The number of hydrogen-bond donors (Lipinski definition) is 0. The van der Waals surface area contributed by atoms with Crippen molar-refractivity contribution in [3.8, 4) is 0 Å². The minimum atomic E-state index is -0.209. The Labute approximate surface area is 178 Å². The molecular formula is C19H20ClN9O. The first kappa shape index (κ1) is 17.6. The van der Waals surface area contributed by atoms with Crippen molar-refractivity contribution in [2.24, 2.45) is 4.99 Å². The zero-order valence-electron chi connectivity index (χ0n) is 16.3. The van der Waals surface area contributed by atoms with Crippen LogP contribution in [0.25, 0.3) is 0 Å². The van der Waals surface area contributed by atoms with E-state index in [0.717, 1.165) is 42.2 Å². The highest BCUT2D eigenvalue weighted by Crippen LogP contribution is 2.45. The predicted octanol–water partition coefficient (Wildman–Crippen LogP) is 1.90. The Balaban J connectivity index is 1.36. The van der Waals surface area contributed by atoms with Crippen LogP contribution in [0.15, 0.2) is 47.5 Å². The molecule has 30 heavy (non-hydrogen) atoms. The van der Waals surface area contributed by atoms with Gasteiger partial charge in [-0.25, -0.2) is 10.0 Å². The van der Waals surface area contributed by atoms with Crippen molar-refractivity contribution in [1.29, 1.82) is 0 Å². The molecule has 0 spiro atoms. The molecule has 10 nitrogen and oxygen atoms in total. The predicted molar refractivity (Wildman–Crippen MR) is 110 cm³/mol. The number of para-hydroxylation sites is 1. The summed E-state index contributed by atoms with van der Waals surface area (Å²) >= 11 is 6.33. The fourth-order valence-electron chi connectivity index (χ4n) is 4.70. The lowest BCUT2D eigenvalue weighted by Gasteiger charge is -2.41. The first-order valence-corrected chi connectivity index (χ1v) is 10.3. The lowest BCUT2D eigenvalue weighted by molar-refractivity contribution is -0.129. The van der Waals surface area contributed by atoms with Gasteiger partial charge in [0.15, 0.2) is 12.0 Å². The molecule has 1 fully saturated rings. The zero-order chi connectivity index (χ0) is 20.4. The average molecular weight is 426 g/mol. The van der Waals surface area contributed by atoms with Gasteiger partial charge in [0.2, 0.25) is 5.91 Å². The van der Waals surface area contributed by atoms with E-state index in [-0.39, 0.29) is 18.1 Å². The fraction of sp³-hybridized carbons (Fsp3) is 0.368. The van der Waals surface area contributed by atoms with Crippen LogP contribution in [0.5, 0.6) is 0 Å². The highest BCUT2D eigenvalue weighted by atomic mass is 35.5. The molecule has 4 aliphatic heterocycles. The van der Waals surface area contributed by atoms with Crippen LogP contribution < -0.4 is 10.0 Å². The Morgan fingerprint density at radius 2 is 2.13 bits per heavy atom. The number of aliphatic imine (C=N–C) groups is 1. The quantitative estimate of drug-likeness (QED) is 0.680. The van der Waals surface area contributed by atoms with Gasteiger partial charge in [-0.05, 0) is 24.1 Å². The van der Waals surface area contributed by atoms with Gasteiger partial charge in [-0.1, -0.05) is 18.2 Å². The van der Waals surface area contributed by atoms with Crippen molar-refractivity contribution >= 4 is 29.7 Å². The molecule has 0 aliphatic carbocycles. The lowest BCUT2D eigenvalue weighted by atomic mass is 10.1. The van der Waals surface area contributed by atoms with E-state index in [1.165, 1.54) is 0 Å². The van der Waals surface area contributed by atoms with Crippen molar-refractivity contribution in [2.75, 3.05) is 23.2 Å². The second-order valence-corrected chi connectivity index (χ2v) is 8.19. The molecule has 11 heteroatoms. The molecule has 2 atom stereocenters. The average Bonchev–Trinajstić information content (AvgIpc) is 3.50. The summed E-state index contributed by atoms with van der Waals surface area (Å²) in [7, 11) is 0. The van der Waals surface area contributed by atoms with Crippen molar-refractivity contribution in [2.45, 2.75) is 32.0 Å². The molecule has 0 bridgehead atoms. The third-order valence-corrected chi connectivity index (χ3v) is 6.23. The molecule has 154 valence electrons. The van der Waals surface area contributed by atoms with E-state index >= 15 is 0 Å². The maximum Gasteiger partial charge on any atom is 0.220 e. The van der Waals surface area contributed by atoms with Gasteiger partial charge in [-0.2, -0.15) is 5.12 Å². The van der Waals surface area contributed by atoms with Gasteiger partial charge in [0.05, 0.1) is 24.1 Å². The van der Waals surface area contributed by atoms with Crippen molar-refractivity contribution in [1.82, 2.24) is 29.4 Å². The standard InChI is InChI=1S/C19H20ClN9O/c1-13(30)25-8-4-7-17(25)15-9-27(23-22-15)28-11-21-19-14-5-2-3-6-16(14)26-12-24(20)10-18(26)29(19)28/h2-3,5-6,9-11,17,19H,4,7-8,12H2,1H3. The number of fused-ring (bicyclic) bond motifs is 6. The minimum absolute atomic E-state index is 0.0331. The van der Waals surface area contributed by atoms with Gasteiger partial charge in [0.1, 0.15) is 18.7 Å². The third-order valence-electron chi connectivity index (χ3n) is 6.02. The van der Waals surface area contributed by atoms with E-state index in [1.807, 2.05) is 39.6 Å². The normalized spacial score (nSPS) is 24.3. The van der Waals surface area contributed by atoms with Crippen LogP contribution in [0.3, 0.4) is 0 Å². The highest BCUT2D eigenvalue weighted by molar-refractivity contribution is 6.14. The first-order chi connectivity index (χ1) is 14.6. The van der Waals surface area contributed by atoms with Crippen LogP contribution in [0.2, 0.25) is 0 Å². The molecule has 2 unspecified atom stereocenters. The number of hydrazine groups is 1. The number of amides is 1. The SMILES string of the molecule is CC(=O)N1CCCC1c1cn(N2C=NC3c4ccccc4N4CN(Cl)C=C4N32)nn1. The van der Waals surface area contributed by atoms with Gasteiger partial charge in [0.25, 0.3) is 0 Å². The number of aromatic nitrogens is 3. The number of likely N-dealkylation sites (tertiary alicyclic amines) is 1.